The molecule has 2 rings (SSSR count). The van der Waals surface area contributed by atoms with Gasteiger partial charge in [-0.15, -0.1) is 0 Å². The summed E-state index contributed by atoms with van der Waals surface area (Å²) in [6.07, 6.45) is -0.168. The van der Waals surface area contributed by atoms with Crippen molar-refractivity contribution in [3.05, 3.63) is 53.6 Å². The Labute approximate surface area is 157 Å². The molecule has 7 heteroatoms. The van der Waals surface area contributed by atoms with Crippen LogP contribution < -0.4 is 19.5 Å². The maximum absolute atomic E-state index is 12.5. The molecule has 0 aliphatic rings. The minimum Gasteiger partial charge on any atom is -0.497 e. The molecule has 0 unspecified atom stereocenters. The van der Waals surface area contributed by atoms with Gasteiger partial charge in [-0.3, -0.25) is 9.59 Å². The number of methoxy groups -OCH3 is 3. The van der Waals surface area contributed by atoms with Crippen molar-refractivity contribution in [2.45, 2.75) is 18.9 Å². The summed E-state index contributed by atoms with van der Waals surface area (Å²) in [5.41, 5.74) is 1.34. The van der Waals surface area contributed by atoms with Gasteiger partial charge in [0.15, 0.2) is 0 Å². The van der Waals surface area contributed by atoms with Crippen LogP contribution >= 0.6 is 0 Å². The first-order valence-electron chi connectivity index (χ1n) is 8.32. The number of carbonyl (C=O) groups is 2. The van der Waals surface area contributed by atoms with Gasteiger partial charge in [-0.25, -0.2) is 0 Å². The summed E-state index contributed by atoms with van der Waals surface area (Å²) in [6, 6.07) is 11.5. The lowest BCUT2D eigenvalue weighted by atomic mass is 10.0. The molecule has 0 aliphatic heterocycles. The molecular weight excluding hydrogens is 350 g/mol. The van der Waals surface area contributed by atoms with Gasteiger partial charge in [-0.1, -0.05) is 12.1 Å². The average molecular weight is 373 g/mol. The van der Waals surface area contributed by atoms with Gasteiger partial charge in [0.1, 0.15) is 17.2 Å². The second-order valence-corrected chi connectivity index (χ2v) is 5.85. The van der Waals surface area contributed by atoms with Crippen LogP contribution in [0, 0.1) is 0 Å². The second-order valence-electron chi connectivity index (χ2n) is 5.85. The smallest absolute Gasteiger partial charge is 0.305 e. The van der Waals surface area contributed by atoms with Crippen molar-refractivity contribution < 1.29 is 28.9 Å². The third-order valence-corrected chi connectivity index (χ3v) is 4.03. The summed E-state index contributed by atoms with van der Waals surface area (Å²) in [6.45, 7) is 0. The Balaban J connectivity index is 2.21. The summed E-state index contributed by atoms with van der Waals surface area (Å²) < 4.78 is 15.7. The van der Waals surface area contributed by atoms with Crippen molar-refractivity contribution in [2.24, 2.45) is 0 Å². The van der Waals surface area contributed by atoms with Gasteiger partial charge in [0, 0.05) is 11.6 Å². The second kappa shape index (κ2) is 9.47. The molecule has 0 saturated heterocycles. The Morgan fingerprint density at radius 1 is 1.00 bits per heavy atom. The minimum absolute atomic E-state index is 0.103. The predicted molar refractivity (Wildman–Crippen MR) is 99.4 cm³/mol. The molecule has 144 valence electrons. The van der Waals surface area contributed by atoms with E-state index in [0.717, 1.165) is 5.56 Å². The van der Waals surface area contributed by atoms with E-state index < -0.39 is 12.0 Å². The van der Waals surface area contributed by atoms with Gasteiger partial charge in [-0.2, -0.15) is 0 Å². The zero-order chi connectivity index (χ0) is 19.8. The molecule has 0 saturated carbocycles. The van der Waals surface area contributed by atoms with E-state index in [1.54, 1.807) is 43.5 Å². The third-order valence-electron chi connectivity index (χ3n) is 4.03. The van der Waals surface area contributed by atoms with Gasteiger partial charge in [0.2, 0.25) is 5.91 Å². The van der Waals surface area contributed by atoms with Crippen LogP contribution in [-0.4, -0.2) is 38.3 Å². The number of carboxylic acid groups (broad SMARTS) is 1. The monoisotopic (exact) mass is 373 g/mol. The summed E-state index contributed by atoms with van der Waals surface area (Å²) in [5, 5.41) is 12.0. The molecule has 0 aromatic heterocycles. The number of hydrogen-bond acceptors (Lipinski definition) is 5. The number of ether oxygens (including phenoxy) is 3. The zero-order valence-corrected chi connectivity index (χ0v) is 15.5. The summed E-state index contributed by atoms with van der Waals surface area (Å²) >= 11 is 0. The van der Waals surface area contributed by atoms with Gasteiger partial charge < -0.3 is 24.6 Å². The molecule has 27 heavy (non-hydrogen) atoms. The summed E-state index contributed by atoms with van der Waals surface area (Å²) in [5.74, 6) is 0.348. The van der Waals surface area contributed by atoms with Crippen molar-refractivity contribution in [3.63, 3.8) is 0 Å². The molecular formula is C20H23NO6. The van der Waals surface area contributed by atoms with E-state index in [0.29, 0.717) is 22.8 Å². The highest BCUT2D eigenvalue weighted by atomic mass is 16.5. The van der Waals surface area contributed by atoms with E-state index in [-0.39, 0.29) is 18.7 Å². The first-order chi connectivity index (χ1) is 13.0. The van der Waals surface area contributed by atoms with E-state index in [1.807, 2.05) is 6.07 Å². The molecule has 2 aromatic carbocycles. The quantitative estimate of drug-likeness (QED) is 0.702. The predicted octanol–water partition coefficient (Wildman–Crippen LogP) is 2.59. The molecule has 0 bridgehead atoms. The Morgan fingerprint density at radius 3 is 2.33 bits per heavy atom. The average Bonchev–Trinajstić information content (AvgIpc) is 2.66. The fraction of sp³-hybridized carbons (Fsp3) is 0.300. The first kappa shape index (κ1) is 20.1. The van der Waals surface area contributed by atoms with Crippen molar-refractivity contribution in [3.8, 4) is 17.2 Å². The SMILES string of the molecule is COc1cccc(CC(=O)N[C@H](CC(=O)O)c2ccc(OC)cc2OC)c1. The number of carbonyl (C=O) groups excluding carboxylic acids is 1. The largest absolute Gasteiger partial charge is 0.497 e. The lowest BCUT2D eigenvalue weighted by Crippen LogP contribution is -2.31. The van der Waals surface area contributed by atoms with Crippen LogP contribution in [0.5, 0.6) is 17.2 Å². The summed E-state index contributed by atoms with van der Waals surface area (Å²) in [7, 11) is 4.56. The molecule has 2 aromatic rings. The van der Waals surface area contributed by atoms with Crippen LogP contribution in [0.15, 0.2) is 42.5 Å². The van der Waals surface area contributed by atoms with Crippen molar-refractivity contribution in [1.29, 1.82) is 0 Å². The fourth-order valence-electron chi connectivity index (χ4n) is 2.73. The van der Waals surface area contributed by atoms with E-state index in [4.69, 9.17) is 14.2 Å². The number of benzene rings is 2. The van der Waals surface area contributed by atoms with Crippen LogP contribution in [0.1, 0.15) is 23.6 Å². The highest BCUT2D eigenvalue weighted by Gasteiger charge is 2.22. The van der Waals surface area contributed by atoms with Crippen LogP contribution in [0.2, 0.25) is 0 Å². The van der Waals surface area contributed by atoms with Crippen LogP contribution in [-0.2, 0) is 16.0 Å². The molecule has 1 amide bonds. The maximum atomic E-state index is 12.5. The number of aliphatic carboxylic acids is 1. The Hall–Kier alpha value is -3.22. The number of amides is 1. The highest BCUT2D eigenvalue weighted by molar-refractivity contribution is 5.80. The Bertz CT molecular complexity index is 805. The number of carboxylic acids is 1. The molecule has 0 aliphatic carbocycles. The van der Waals surface area contributed by atoms with Gasteiger partial charge in [0.25, 0.3) is 0 Å². The molecule has 0 spiro atoms. The van der Waals surface area contributed by atoms with Crippen LogP contribution in [0.25, 0.3) is 0 Å². The highest BCUT2D eigenvalue weighted by Crippen LogP contribution is 2.31. The number of hydrogen-bond donors (Lipinski definition) is 2. The minimum atomic E-state index is -1.03. The molecule has 0 heterocycles. The molecule has 2 N–H and O–H groups in total. The topological polar surface area (TPSA) is 94.1 Å². The lowest BCUT2D eigenvalue weighted by Gasteiger charge is -2.20. The van der Waals surface area contributed by atoms with E-state index in [2.05, 4.69) is 5.32 Å². The van der Waals surface area contributed by atoms with E-state index >= 15 is 0 Å². The molecule has 7 nitrogen and oxygen atoms in total. The van der Waals surface area contributed by atoms with E-state index in [9.17, 15) is 14.7 Å². The number of rotatable bonds is 9. The Morgan fingerprint density at radius 2 is 1.70 bits per heavy atom. The standard InChI is InChI=1S/C20H23NO6/c1-25-14-6-4-5-13(9-14)10-19(22)21-17(12-20(23)24)16-8-7-15(26-2)11-18(16)27-3/h4-9,11,17H,10,12H2,1-3H3,(H,21,22)(H,23,24)/t17-/m1/s1. The fourth-order valence-corrected chi connectivity index (χ4v) is 2.73. The van der Waals surface area contributed by atoms with E-state index in [1.165, 1.54) is 14.2 Å². The maximum Gasteiger partial charge on any atom is 0.305 e. The van der Waals surface area contributed by atoms with Crippen LogP contribution in [0.3, 0.4) is 0 Å². The van der Waals surface area contributed by atoms with Gasteiger partial charge >= 0.3 is 5.97 Å². The normalized spacial score (nSPS) is 11.4. The van der Waals surface area contributed by atoms with Crippen molar-refractivity contribution >= 4 is 11.9 Å². The third kappa shape index (κ3) is 5.64. The number of nitrogens with one attached hydrogen (secondary N) is 1. The molecule has 0 fully saturated rings. The Kier molecular flexibility index (Phi) is 7.05. The van der Waals surface area contributed by atoms with Crippen LogP contribution in [0.4, 0.5) is 0 Å². The van der Waals surface area contributed by atoms with Crippen molar-refractivity contribution in [2.75, 3.05) is 21.3 Å². The first-order valence-corrected chi connectivity index (χ1v) is 8.32. The lowest BCUT2D eigenvalue weighted by molar-refractivity contribution is -0.137. The summed E-state index contributed by atoms with van der Waals surface area (Å²) in [4.78, 5) is 23.8. The van der Waals surface area contributed by atoms with Crippen molar-refractivity contribution in [1.82, 2.24) is 5.32 Å². The molecule has 0 radical (unpaired) electrons. The molecule has 1 atom stereocenters. The zero-order valence-electron chi connectivity index (χ0n) is 15.5. The van der Waals surface area contributed by atoms with Gasteiger partial charge in [-0.05, 0) is 29.8 Å². The van der Waals surface area contributed by atoms with Gasteiger partial charge in [0.05, 0.1) is 40.2 Å².